The van der Waals surface area contributed by atoms with Crippen molar-refractivity contribution in [2.45, 2.75) is 0 Å². The Bertz CT molecular complexity index is 722. The Hall–Kier alpha value is -2.64. The first kappa shape index (κ1) is 12.8. The summed E-state index contributed by atoms with van der Waals surface area (Å²) in [6, 6.07) is 1.38. The average Bonchev–Trinajstić information content (AvgIpc) is 2.44. The van der Waals surface area contributed by atoms with Crippen molar-refractivity contribution < 1.29 is 19.4 Å². The monoisotopic (exact) mass is 265 g/mol. The van der Waals surface area contributed by atoms with Crippen molar-refractivity contribution in [1.82, 2.24) is 14.8 Å². The Labute approximate surface area is 107 Å². The summed E-state index contributed by atoms with van der Waals surface area (Å²) in [5.74, 6) is -1.27. The summed E-state index contributed by atoms with van der Waals surface area (Å²) in [5.41, 5.74) is -1.03. The number of ether oxygens (including phenoxy) is 2. The second-order valence-electron chi connectivity index (χ2n) is 3.70. The number of esters is 1. The van der Waals surface area contributed by atoms with Gasteiger partial charge in [0.1, 0.15) is 5.75 Å². The summed E-state index contributed by atoms with van der Waals surface area (Å²) in [5, 5.41) is 17.7. The molecule has 1 N–H and O–H groups in total. The standard InChI is InChI=1S/C11H11N3O5/c1-14-9-5(4-6(18-2)12-13-9)8(15)7(10(14)16)11(17)19-3/h4,15H,1-3H3. The Morgan fingerprint density at radius 1 is 1.37 bits per heavy atom. The average molecular weight is 265 g/mol. The molecule has 0 radical (unpaired) electrons. The quantitative estimate of drug-likeness (QED) is 0.751. The Morgan fingerprint density at radius 3 is 2.63 bits per heavy atom. The number of methoxy groups -OCH3 is 2. The van der Waals surface area contributed by atoms with E-state index in [2.05, 4.69) is 14.9 Å². The van der Waals surface area contributed by atoms with Gasteiger partial charge in [0.25, 0.3) is 5.56 Å². The number of hydrogen-bond donors (Lipinski definition) is 1. The van der Waals surface area contributed by atoms with E-state index < -0.39 is 22.8 Å². The Kier molecular flexibility index (Phi) is 3.07. The van der Waals surface area contributed by atoms with Crippen molar-refractivity contribution in [3.05, 3.63) is 22.0 Å². The summed E-state index contributed by atoms with van der Waals surface area (Å²) >= 11 is 0. The van der Waals surface area contributed by atoms with E-state index in [0.717, 1.165) is 11.7 Å². The number of carbonyl (C=O) groups excluding carboxylic acids is 1. The van der Waals surface area contributed by atoms with E-state index in [1.807, 2.05) is 0 Å². The van der Waals surface area contributed by atoms with Crippen molar-refractivity contribution in [1.29, 1.82) is 0 Å². The number of pyridine rings is 1. The summed E-state index contributed by atoms with van der Waals surface area (Å²) in [6.07, 6.45) is 0. The fourth-order valence-corrected chi connectivity index (χ4v) is 1.68. The zero-order chi connectivity index (χ0) is 14.2. The highest BCUT2D eigenvalue weighted by atomic mass is 16.5. The molecule has 2 rings (SSSR count). The first-order chi connectivity index (χ1) is 9.01. The number of rotatable bonds is 2. The molecule has 0 spiro atoms. The van der Waals surface area contributed by atoms with Crippen molar-refractivity contribution in [3.8, 4) is 11.6 Å². The molecular weight excluding hydrogens is 254 g/mol. The minimum absolute atomic E-state index is 0.135. The van der Waals surface area contributed by atoms with E-state index in [1.54, 1.807) is 0 Å². The molecule has 0 amide bonds. The number of fused-ring (bicyclic) bond motifs is 1. The smallest absolute Gasteiger partial charge is 0.347 e. The van der Waals surface area contributed by atoms with Gasteiger partial charge >= 0.3 is 5.97 Å². The third-order valence-corrected chi connectivity index (χ3v) is 2.68. The van der Waals surface area contributed by atoms with Crippen molar-refractivity contribution in [3.63, 3.8) is 0 Å². The van der Waals surface area contributed by atoms with E-state index in [0.29, 0.717) is 0 Å². The predicted molar refractivity (Wildman–Crippen MR) is 64.3 cm³/mol. The summed E-state index contributed by atoms with van der Waals surface area (Å²) in [4.78, 5) is 23.5. The minimum Gasteiger partial charge on any atom is -0.506 e. The van der Waals surface area contributed by atoms with Gasteiger partial charge in [-0.2, -0.15) is 0 Å². The first-order valence-corrected chi connectivity index (χ1v) is 5.23. The zero-order valence-corrected chi connectivity index (χ0v) is 10.5. The molecule has 0 aliphatic rings. The summed E-state index contributed by atoms with van der Waals surface area (Å²) in [6.45, 7) is 0. The Morgan fingerprint density at radius 2 is 2.05 bits per heavy atom. The van der Waals surface area contributed by atoms with Crippen LogP contribution in [0.4, 0.5) is 0 Å². The molecule has 0 fully saturated rings. The maximum absolute atomic E-state index is 12.0. The molecule has 0 aliphatic heterocycles. The van der Waals surface area contributed by atoms with Crippen LogP contribution in [0.2, 0.25) is 0 Å². The minimum atomic E-state index is -0.921. The highest BCUT2D eigenvalue weighted by Crippen LogP contribution is 2.26. The molecule has 8 nitrogen and oxygen atoms in total. The number of aromatic hydroxyl groups is 1. The van der Waals surface area contributed by atoms with Gasteiger partial charge in [-0.25, -0.2) is 4.79 Å². The van der Waals surface area contributed by atoms with E-state index in [4.69, 9.17) is 4.74 Å². The third kappa shape index (κ3) is 1.86. The number of aromatic nitrogens is 3. The van der Waals surface area contributed by atoms with Gasteiger partial charge in [-0.05, 0) is 0 Å². The van der Waals surface area contributed by atoms with Gasteiger partial charge in [-0.1, -0.05) is 0 Å². The van der Waals surface area contributed by atoms with Crippen LogP contribution in [0.1, 0.15) is 10.4 Å². The molecular formula is C11H11N3O5. The van der Waals surface area contributed by atoms with Crippen molar-refractivity contribution >= 4 is 17.0 Å². The molecule has 100 valence electrons. The maximum atomic E-state index is 12.0. The van der Waals surface area contributed by atoms with Crippen LogP contribution < -0.4 is 10.3 Å². The fourth-order valence-electron chi connectivity index (χ4n) is 1.68. The molecule has 19 heavy (non-hydrogen) atoms. The van der Waals surface area contributed by atoms with Crippen LogP contribution in [0.5, 0.6) is 11.6 Å². The molecule has 0 saturated heterocycles. The van der Waals surface area contributed by atoms with E-state index in [-0.39, 0.29) is 16.9 Å². The lowest BCUT2D eigenvalue weighted by Crippen LogP contribution is -2.26. The van der Waals surface area contributed by atoms with Gasteiger partial charge in [0, 0.05) is 13.1 Å². The van der Waals surface area contributed by atoms with Crippen LogP contribution in [-0.4, -0.2) is 40.1 Å². The summed E-state index contributed by atoms with van der Waals surface area (Å²) < 4.78 is 10.5. The first-order valence-electron chi connectivity index (χ1n) is 5.23. The third-order valence-electron chi connectivity index (χ3n) is 2.68. The van der Waals surface area contributed by atoms with Crippen LogP contribution in [-0.2, 0) is 11.8 Å². The molecule has 2 aromatic rings. The molecule has 0 unspecified atom stereocenters. The molecule has 0 aromatic carbocycles. The van der Waals surface area contributed by atoms with Crippen LogP contribution >= 0.6 is 0 Å². The van der Waals surface area contributed by atoms with Gasteiger partial charge in [0.2, 0.25) is 5.88 Å². The molecule has 0 atom stereocenters. The number of hydrogen-bond acceptors (Lipinski definition) is 7. The van der Waals surface area contributed by atoms with Crippen molar-refractivity contribution in [2.75, 3.05) is 14.2 Å². The molecule has 0 saturated carbocycles. The zero-order valence-electron chi connectivity index (χ0n) is 10.5. The van der Waals surface area contributed by atoms with E-state index >= 15 is 0 Å². The molecule has 0 bridgehead atoms. The Balaban J connectivity index is 2.93. The molecule has 2 aromatic heterocycles. The van der Waals surface area contributed by atoms with E-state index in [1.165, 1.54) is 20.2 Å². The molecule has 0 aliphatic carbocycles. The van der Waals surface area contributed by atoms with Gasteiger partial charge < -0.3 is 14.6 Å². The predicted octanol–water partition coefficient (Wildman–Crippen LogP) is -0.171. The van der Waals surface area contributed by atoms with Crippen LogP contribution in [0.15, 0.2) is 10.9 Å². The van der Waals surface area contributed by atoms with Crippen LogP contribution in [0.25, 0.3) is 11.0 Å². The number of nitrogens with zero attached hydrogens (tertiary/aromatic N) is 3. The maximum Gasteiger partial charge on any atom is 0.347 e. The van der Waals surface area contributed by atoms with Gasteiger partial charge in [0.15, 0.2) is 11.2 Å². The van der Waals surface area contributed by atoms with Crippen LogP contribution in [0, 0.1) is 0 Å². The largest absolute Gasteiger partial charge is 0.506 e. The van der Waals surface area contributed by atoms with Gasteiger partial charge in [-0.15, -0.1) is 10.2 Å². The van der Waals surface area contributed by atoms with Gasteiger partial charge in [-0.3, -0.25) is 9.36 Å². The molecule has 2 heterocycles. The lowest BCUT2D eigenvalue weighted by molar-refractivity contribution is 0.0595. The second-order valence-corrected chi connectivity index (χ2v) is 3.70. The highest BCUT2D eigenvalue weighted by Gasteiger charge is 2.22. The molecule has 8 heteroatoms. The lowest BCUT2D eigenvalue weighted by atomic mass is 10.2. The normalized spacial score (nSPS) is 10.5. The second kappa shape index (κ2) is 4.56. The van der Waals surface area contributed by atoms with Crippen molar-refractivity contribution in [2.24, 2.45) is 7.05 Å². The summed E-state index contributed by atoms with van der Waals surface area (Å²) in [7, 11) is 3.92. The lowest BCUT2D eigenvalue weighted by Gasteiger charge is -2.09. The fraction of sp³-hybridized carbons (Fsp3) is 0.273. The number of carbonyl (C=O) groups is 1. The topological polar surface area (TPSA) is 104 Å². The highest BCUT2D eigenvalue weighted by molar-refractivity contribution is 5.98. The number of aryl methyl sites for hydroxylation is 1. The van der Waals surface area contributed by atoms with Gasteiger partial charge in [0.05, 0.1) is 19.6 Å². The SMILES string of the molecule is COC(=O)c1c(O)c2cc(OC)nnc2n(C)c1=O. The van der Waals surface area contributed by atoms with Crippen LogP contribution in [0.3, 0.4) is 0 Å². The van der Waals surface area contributed by atoms with E-state index in [9.17, 15) is 14.7 Å².